The lowest BCUT2D eigenvalue weighted by Crippen LogP contribution is -2.46. The summed E-state index contributed by atoms with van der Waals surface area (Å²) in [7, 11) is 0. The molecule has 7 heteroatoms. The number of nitrogens with zero attached hydrogens (tertiary/aromatic N) is 2. The molecule has 0 saturated carbocycles. The standard InChI is InChI=1S/C22H27F3N2O2/c1-21(2,3)17-11-15(20(29)19(28)13-17)14-26-7-9-27(10-8-26)18-6-4-5-16(12-18)22(23,24)25/h4-6,11-13,28-29H,7-10,14H2,1-3H3. The molecule has 0 unspecified atom stereocenters. The molecule has 0 spiro atoms. The SMILES string of the molecule is CC(C)(C)c1cc(O)c(O)c(CN2CCN(c3cccc(C(F)(F)F)c3)CC2)c1. The summed E-state index contributed by atoms with van der Waals surface area (Å²) in [4.78, 5) is 4.07. The average molecular weight is 408 g/mol. The van der Waals surface area contributed by atoms with Gasteiger partial charge in [0.1, 0.15) is 0 Å². The first-order valence-corrected chi connectivity index (χ1v) is 9.65. The van der Waals surface area contributed by atoms with E-state index in [1.165, 1.54) is 12.1 Å². The van der Waals surface area contributed by atoms with Gasteiger partial charge in [0.15, 0.2) is 11.5 Å². The van der Waals surface area contributed by atoms with E-state index in [-0.39, 0.29) is 16.9 Å². The van der Waals surface area contributed by atoms with Gasteiger partial charge in [-0.3, -0.25) is 4.90 Å². The summed E-state index contributed by atoms with van der Waals surface area (Å²) in [5.74, 6) is -0.242. The maximum atomic E-state index is 13.0. The highest BCUT2D eigenvalue weighted by Crippen LogP contribution is 2.36. The molecule has 1 aliphatic rings. The normalized spacial score (nSPS) is 16.3. The van der Waals surface area contributed by atoms with Crippen LogP contribution in [0.4, 0.5) is 18.9 Å². The zero-order valence-electron chi connectivity index (χ0n) is 16.9. The number of phenolic OH excluding ortho intramolecular Hbond substituents is 2. The Morgan fingerprint density at radius 2 is 1.55 bits per heavy atom. The van der Waals surface area contributed by atoms with E-state index >= 15 is 0 Å². The van der Waals surface area contributed by atoms with Crippen molar-refractivity contribution in [1.29, 1.82) is 0 Å². The molecule has 0 atom stereocenters. The molecule has 0 radical (unpaired) electrons. The van der Waals surface area contributed by atoms with Gasteiger partial charge in [-0.25, -0.2) is 0 Å². The lowest BCUT2D eigenvalue weighted by molar-refractivity contribution is -0.137. The van der Waals surface area contributed by atoms with E-state index in [1.54, 1.807) is 12.1 Å². The minimum Gasteiger partial charge on any atom is -0.504 e. The Kier molecular flexibility index (Phi) is 5.72. The number of hydrogen-bond acceptors (Lipinski definition) is 4. The summed E-state index contributed by atoms with van der Waals surface area (Å²) in [6.45, 7) is 9.06. The molecule has 1 fully saturated rings. The molecule has 3 rings (SSSR count). The minimum absolute atomic E-state index is 0.113. The average Bonchev–Trinajstić information content (AvgIpc) is 2.64. The fourth-order valence-corrected chi connectivity index (χ4v) is 3.52. The highest BCUT2D eigenvalue weighted by atomic mass is 19.4. The maximum Gasteiger partial charge on any atom is 0.416 e. The number of piperazine rings is 1. The van der Waals surface area contributed by atoms with Crippen LogP contribution in [0.2, 0.25) is 0 Å². The molecule has 2 aromatic rings. The van der Waals surface area contributed by atoms with Gasteiger partial charge in [0, 0.05) is 44.0 Å². The van der Waals surface area contributed by atoms with Gasteiger partial charge in [-0.15, -0.1) is 0 Å². The van der Waals surface area contributed by atoms with Crippen LogP contribution in [-0.4, -0.2) is 41.3 Å². The molecule has 0 aromatic heterocycles. The van der Waals surface area contributed by atoms with Crippen LogP contribution in [0.1, 0.15) is 37.5 Å². The Labute approximate surface area is 169 Å². The highest BCUT2D eigenvalue weighted by molar-refractivity contribution is 5.51. The third-order valence-corrected chi connectivity index (χ3v) is 5.34. The molecule has 1 aliphatic heterocycles. The van der Waals surface area contributed by atoms with Crippen molar-refractivity contribution in [2.75, 3.05) is 31.1 Å². The first kappa shape index (κ1) is 21.3. The minimum atomic E-state index is -4.35. The molecular weight excluding hydrogens is 381 g/mol. The van der Waals surface area contributed by atoms with E-state index in [0.717, 1.165) is 11.6 Å². The first-order chi connectivity index (χ1) is 13.4. The number of rotatable bonds is 3. The van der Waals surface area contributed by atoms with Crippen molar-refractivity contribution in [2.45, 2.75) is 38.9 Å². The van der Waals surface area contributed by atoms with Gasteiger partial charge in [0.2, 0.25) is 0 Å². The van der Waals surface area contributed by atoms with E-state index < -0.39 is 11.7 Å². The van der Waals surface area contributed by atoms with Crippen LogP contribution in [0.3, 0.4) is 0 Å². The number of hydrogen-bond donors (Lipinski definition) is 2. The van der Waals surface area contributed by atoms with Gasteiger partial charge in [-0.05, 0) is 35.2 Å². The molecule has 0 aliphatic carbocycles. The summed E-state index contributed by atoms with van der Waals surface area (Å²) < 4.78 is 38.9. The zero-order valence-corrected chi connectivity index (χ0v) is 16.9. The highest BCUT2D eigenvalue weighted by Gasteiger charge is 2.31. The third kappa shape index (κ3) is 4.96. The lowest BCUT2D eigenvalue weighted by atomic mass is 9.85. The monoisotopic (exact) mass is 408 g/mol. The van der Waals surface area contributed by atoms with Crippen LogP contribution in [0.5, 0.6) is 11.5 Å². The molecule has 0 amide bonds. The second-order valence-electron chi connectivity index (χ2n) is 8.56. The fraction of sp³-hybridized carbons (Fsp3) is 0.455. The summed E-state index contributed by atoms with van der Waals surface area (Å²) in [6, 6.07) is 8.90. The Morgan fingerprint density at radius 3 is 2.14 bits per heavy atom. The predicted octanol–water partition coefficient (Wildman–Crippen LogP) is 4.74. The van der Waals surface area contributed by atoms with Gasteiger partial charge in [-0.1, -0.05) is 32.9 Å². The smallest absolute Gasteiger partial charge is 0.416 e. The lowest BCUT2D eigenvalue weighted by Gasteiger charge is -2.36. The van der Waals surface area contributed by atoms with Crippen LogP contribution < -0.4 is 4.90 Å². The van der Waals surface area contributed by atoms with Crippen molar-refractivity contribution in [2.24, 2.45) is 0 Å². The van der Waals surface area contributed by atoms with Crippen LogP contribution in [0.15, 0.2) is 36.4 Å². The number of anilines is 1. The van der Waals surface area contributed by atoms with Crippen molar-refractivity contribution in [3.63, 3.8) is 0 Å². The Balaban J connectivity index is 1.69. The number of benzene rings is 2. The quantitative estimate of drug-likeness (QED) is 0.721. The molecule has 158 valence electrons. The van der Waals surface area contributed by atoms with Gasteiger partial charge < -0.3 is 15.1 Å². The fourth-order valence-electron chi connectivity index (χ4n) is 3.52. The van der Waals surface area contributed by atoms with Crippen molar-refractivity contribution < 1.29 is 23.4 Å². The second kappa shape index (κ2) is 7.78. The summed E-state index contributed by atoms with van der Waals surface area (Å²) >= 11 is 0. The van der Waals surface area contributed by atoms with Crippen molar-refractivity contribution in [1.82, 2.24) is 4.90 Å². The predicted molar refractivity (Wildman–Crippen MR) is 107 cm³/mol. The zero-order chi connectivity index (χ0) is 21.4. The van der Waals surface area contributed by atoms with Crippen molar-refractivity contribution in [3.8, 4) is 11.5 Å². The summed E-state index contributed by atoms with van der Waals surface area (Å²) in [6.07, 6.45) is -4.35. The van der Waals surface area contributed by atoms with Crippen LogP contribution in [-0.2, 0) is 18.1 Å². The molecule has 1 heterocycles. The topological polar surface area (TPSA) is 46.9 Å². The van der Waals surface area contributed by atoms with Crippen molar-refractivity contribution >= 4 is 5.69 Å². The van der Waals surface area contributed by atoms with E-state index in [2.05, 4.69) is 4.90 Å². The molecule has 1 saturated heterocycles. The van der Waals surface area contributed by atoms with Crippen LogP contribution in [0.25, 0.3) is 0 Å². The summed E-state index contributed by atoms with van der Waals surface area (Å²) in [5, 5.41) is 20.3. The molecule has 2 aromatic carbocycles. The number of phenols is 2. The van der Waals surface area contributed by atoms with E-state index in [0.29, 0.717) is 44.0 Å². The van der Waals surface area contributed by atoms with Crippen molar-refractivity contribution in [3.05, 3.63) is 53.1 Å². The van der Waals surface area contributed by atoms with Gasteiger partial charge in [0.25, 0.3) is 0 Å². The second-order valence-corrected chi connectivity index (χ2v) is 8.56. The maximum absolute atomic E-state index is 13.0. The number of alkyl halides is 3. The van der Waals surface area contributed by atoms with E-state index in [1.807, 2.05) is 31.7 Å². The van der Waals surface area contributed by atoms with Crippen LogP contribution in [0, 0.1) is 0 Å². The van der Waals surface area contributed by atoms with Gasteiger partial charge in [0.05, 0.1) is 5.56 Å². The molecule has 4 nitrogen and oxygen atoms in total. The Hall–Kier alpha value is -2.41. The molecule has 2 N–H and O–H groups in total. The van der Waals surface area contributed by atoms with Gasteiger partial charge >= 0.3 is 6.18 Å². The molecular formula is C22H27F3N2O2. The number of halogens is 3. The van der Waals surface area contributed by atoms with Crippen LogP contribution >= 0.6 is 0 Å². The summed E-state index contributed by atoms with van der Waals surface area (Å²) in [5.41, 5.74) is 1.35. The molecule has 29 heavy (non-hydrogen) atoms. The van der Waals surface area contributed by atoms with E-state index in [9.17, 15) is 23.4 Å². The Morgan fingerprint density at radius 1 is 0.897 bits per heavy atom. The largest absolute Gasteiger partial charge is 0.504 e. The molecule has 0 bridgehead atoms. The number of aromatic hydroxyl groups is 2. The first-order valence-electron chi connectivity index (χ1n) is 9.65. The third-order valence-electron chi connectivity index (χ3n) is 5.34. The van der Waals surface area contributed by atoms with E-state index in [4.69, 9.17) is 0 Å². The Bertz CT molecular complexity index is 867. The van der Waals surface area contributed by atoms with Gasteiger partial charge in [-0.2, -0.15) is 13.2 Å².